The summed E-state index contributed by atoms with van der Waals surface area (Å²) in [4.78, 5) is 19.3. The summed E-state index contributed by atoms with van der Waals surface area (Å²) in [5, 5.41) is 1.87. The molecule has 1 aliphatic rings. The summed E-state index contributed by atoms with van der Waals surface area (Å²) in [7, 11) is 5.78. The number of methoxy groups -OCH3 is 1. The lowest BCUT2D eigenvalue weighted by Gasteiger charge is -2.33. The van der Waals surface area contributed by atoms with E-state index in [9.17, 15) is 4.79 Å². The molecule has 1 unspecified atom stereocenters. The van der Waals surface area contributed by atoms with Gasteiger partial charge in [-0.1, -0.05) is 39.7 Å². The number of aromatic nitrogens is 1. The van der Waals surface area contributed by atoms with Crippen LogP contribution in [0.2, 0.25) is 5.02 Å². The number of nitrogens with zero attached hydrogens (tertiary/aromatic N) is 2. The van der Waals surface area contributed by atoms with E-state index in [0.717, 1.165) is 69.0 Å². The Labute approximate surface area is 237 Å². The van der Waals surface area contributed by atoms with Crippen LogP contribution in [-0.4, -0.2) is 62.1 Å². The number of fused-ring (bicyclic) bond motifs is 3. The molecule has 5 rings (SSSR count). The molecule has 1 aromatic heterocycles. The minimum absolute atomic E-state index is 0.134. The van der Waals surface area contributed by atoms with E-state index in [1.165, 1.54) is 5.56 Å². The predicted molar refractivity (Wildman–Crippen MR) is 157 cm³/mol. The fraction of sp³-hybridized carbons (Fsp3) is 0.300. The maximum atomic E-state index is 11.8. The zero-order chi connectivity index (χ0) is 27.1. The van der Waals surface area contributed by atoms with E-state index >= 15 is 0 Å². The van der Waals surface area contributed by atoms with Gasteiger partial charge in [0.15, 0.2) is 0 Å². The Kier molecular flexibility index (Phi) is 9.72. The van der Waals surface area contributed by atoms with Gasteiger partial charge in [-0.15, -0.1) is 0 Å². The first-order chi connectivity index (χ1) is 18.4. The molecule has 1 N–H and O–H groups in total. The van der Waals surface area contributed by atoms with Crippen molar-refractivity contribution < 1.29 is 14.3 Å². The Hall–Kier alpha value is -3.00. The van der Waals surface area contributed by atoms with Gasteiger partial charge in [0.2, 0.25) is 6.41 Å². The summed E-state index contributed by atoms with van der Waals surface area (Å²) in [6, 6.07) is 21.5. The number of H-pyrrole nitrogens is 1. The Bertz CT molecular complexity index is 1340. The zero-order valence-electron chi connectivity index (χ0n) is 21.9. The van der Waals surface area contributed by atoms with Crippen LogP contribution in [0.1, 0.15) is 29.3 Å². The summed E-state index contributed by atoms with van der Waals surface area (Å²) in [5.74, 6) is 1.74. The fourth-order valence-corrected chi connectivity index (χ4v) is 5.08. The zero-order valence-corrected chi connectivity index (χ0v) is 24.3. The van der Waals surface area contributed by atoms with E-state index in [1.807, 2.05) is 59.5 Å². The van der Waals surface area contributed by atoms with Crippen molar-refractivity contribution >= 4 is 44.8 Å². The molecule has 0 bridgehead atoms. The first kappa shape index (κ1) is 28.0. The smallest absolute Gasteiger partial charge is 0.210 e. The van der Waals surface area contributed by atoms with Gasteiger partial charge in [-0.25, -0.2) is 0 Å². The van der Waals surface area contributed by atoms with Crippen LogP contribution in [0.25, 0.3) is 10.9 Å². The largest absolute Gasteiger partial charge is 0.497 e. The summed E-state index contributed by atoms with van der Waals surface area (Å²) < 4.78 is 11.9. The maximum absolute atomic E-state index is 11.8. The molecule has 1 aliphatic heterocycles. The minimum Gasteiger partial charge on any atom is -0.497 e. The van der Waals surface area contributed by atoms with Gasteiger partial charge in [0.05, 0.1) is 19.8 Å². The Morgan fingerprint density at radius 2 is 1.79 bits per heavy atom. The molecular formula is C30H33BrClN3O3. The van der Waals surface area contributed by atoms with Gasteiger partial charge in [0.1, 0.15) is 11.5 Å². The lowest BCUT2D eigenvalue weighted by atomic mass is 9.93. The number of nitrogens with one attached hydrogen (secondary N) is 1. The lowest BCUT2D eigenvalue weighted by molar-refractivity contribution is -0.120. The van der Waals surface area contributed by atoms with Gasteiger partial charge >= 0.3 is 0 Å². The first-order valence-electron chi connectivity index (χ1n) is 12.6. The molecule has 4 aromatic rings. The van der Waals surface area contributed by atoms with Crippen molar-refractivity contribution in [1.82, 2.24) is 14.8 Å². The highest BCUT2D eigenvalue weighted by Crippen LogP contribution is 2.38. The molecule has 1 amide bonds. The monoisotopic (exact) mass is 597 g/mol. The molecule has 3 aromatic carbocycles. The summed E-state index contributed by atoms with van der Waals surface area (Å²) in [5.41, 5.74) is 4.43. The average Bonchev–Trinajstić information content (AvgIpc) is 3.29. The normalized spacial score (nSPS) is 14.6. The van der Waals surface area contributed by atoms with E-state index in [-0.39, 0.29) is 6.04 Å². The molecule has 0 saturated carbocycles. The second-order valence-electron chi connectivity index (χ2n) is 9.44. The van der Waals surface area contributed by atoms with Crippen molar-refractivity contribution in [3.05, 3.63) is 93.0 Å². The van der Waals surface area contributed by atoms with Crippen LogP contribution >= 0.6 is 27.5 Å². The molecule has 6 nitrogen and oxygen atoms in total. The van der Waals surface area contributed by atoms with Crippen molar-refractivity contribution in [2.24, 2.45) is 0 Å². The standard InChI is InChI=1S/C23H26ClN3O2.C7H7BrO/c1-26(2)11-3-13-29-18-7-4-16(5-8-18)23-22-19(10-12-27(23)15-28)20-14-17(24)6-9-21(20)25-22;1-9-7-4-2-6(8)3-5-7/h4-9,14-15,23,25H,3,10-13H2,1-2H3;2-5H,1H3. The van der Waals surface area contributed by atoms with Gasteiger partial charge in [0.25, 0.3) is 0 Å². The van der Waals surface area contributed by atoms with E-state index in [4.69, 9.17) is 21.1 Å². The molecule has 2 heterocycles. The summed E-state index contributed by atoms with van der Waals surface area (Å²) in [6.45, 7) is 2.37. The van der Waals surface area contributed by atoms with Crippen LogP contribution in [0, 0.1) is 0 Å². The van der Waals surface area contributed by atoms with E-state index < -0.39 is 0 Å². The first-order valence-corrected chi connectivity index (χ1v) is 13.7. The number of hydrogen-bond donors (Lipinski definition) is 1. The molecule has 200 valence electrons. The van der Waals surface area contributed by atoms with E-state index in [1.54, 1.807) is 7.11 Å². The average molecular weight is 599 g/mol. The molecular weight excluding hydrogens is 566 g/mol. The number of rotatable bonds is 8. The lowest BCUT2D eigenvalue weighted by Crippen LogP contribution is -2.34. The number of carbonyl (C=O) groups excluding carboxylic acids is 1. The third kappa shape index (κ3) is 6.90. The Balaban J connectivity index is 0.000000317. The van der Waals surface area contributed by atoms with Crippen LogP contribution in [0.3, 0.4) is 0 Å². The predicted octanol–water partition coefficient (Wildman–Crippen LogP) is 6.71. The highest BCUT2D eigenvalue weighted by atomic mass is 79.9. The number of ether oxygens (including phenoxy) is 2. The fourth-order valence-electron chi connectivity index (χ4n) is 4.64. The van der Waals surface area contributed by atoms with Gasteiger partial charge in [0, 0.05) is 39.2 Å². The topological polar surface area (TPSA) is 57.8 Å². The highest BCUT2D eigenvalue weighted by Gasteiger charge is 2.31. The molecule has 38 heavy (non-hydrogen) atoms. The third-order valence-electron chi connectivity index (χ3n) is 6.53. The van der Waals surface area contributed by atoms with Crippen molar-refractivity contribution in [2.75, 3.05) is 40.9 Å². The van der Waals surface area contributed by atoms with Gasteiger partial charge in [-0.2, -0.15) is 0 Å². The van der Waals surface area contributed by atoms with Gasteiger partial charge in [-0.3, -0.25) is 4.79 Å². The summed E-state index contributed by atoms with van der Waals surface area (Å²) >= 11 is 9.54. The SMILES string of the molecule is CN(C)CCCOc1ccc(C2c3[nH]c4ccc(Cl)cc4c3CCN2C=O)cc1.COc1ccc(Br)cc1. The second-order valence-corrected chi connectivity index (χ2v) is 10.8. The molecule has 1 atom stereocenters. The summed E-state index contributed by atoms with van der Waals surface area (Å²) in [6.07, 6.45) is 2.74. The van der Waals surface area contributed by atoms with Crippen LogP contribution in [0.5, 0.6) is 11.5 Å². The number of carbonyl (C=O) groups is 1. The highest BCUT2D eigenvalue weighted by molar-refractivity contribution is 9.10. The van der Waals surface area contributed by atoms with Crippen molar-refractivity contribution in [3.8, 4) is 11.5 Å². The number of amides is 1. The van der Waals surface area contributed by atoms with Crippen molar-refractivity contribution in [1.29, 1.82) is 0 Å². The number of aromatic amines is 1. The van der Waals surface area contributed by atoms with Gasteiger partial charge < -0.3 is 24.3 Å². The van der Waals surface area contributed by atoms with Crippen molar-refractivity contribution in [3.63, 3.8) is 0 Å². The molecule has 0 spiro atoms. The number of halogens is 2. The van der Waals surface area contributed by atoms with Crippen LogP contribution in [-0.2, 0) is 11.2 Å². The van der Waals surface area contributed by atoms with Crippen LogP contribution < -0.4 is 9.47 Å². The minimum atomic E-state index is -0.134. The van der Waals surface area contributed by atoms with E-state index in [2.05, 4.69) is 52.0 Å². The molecule has 0 saturated heterocycles. The Morgan fingerprint density at radius 3 is 2.45 bits per heavy atom. The quantitative estimate of drug-likeness (QED) is 0.181. The van der Waals surface area contributed by atoms with Gasteiger partial charge in [-0.05, 0) is 92.7 Å². The molecule has 0 fully saturated rings. The molecule has 8 heteroatoms. The van der Waals surface area contributed by atoms with E-state index in [0.29, 0.717) is 13.2 Å². The molecule has 0 aliphatic carbocycles. The molecule has 0 radical (unpaired) electrons. The van der Waals surface area contributed by atoms with Crippen molar-refractivity contribution in [2.45, 2.75) is 18.9 Å². The Morgan fingerprint density at radius 1 is 1.08 bits per heavy atom. The number of hydrogen-bond acceptors (Lipinski definition) is 4. The number of benzene rings is 3. The van der Waals surface area contributed by atoms with Crippen LogP contribution in [0.15, 0.2) is 71.2 Å². The second kappa shape index (κ2) is 13.2. The third-order valence-corrected chi connectivity index (χ3v) is 7.29. The van der Waals surface area contributed by atoms with Crippen LogP contribution in [0.4, 0.5) is 0 Å². The maximum Gasteiger partial charge on any atom is 0.210 e.